The largest absolute Gasteiger partial charge is 0.398 e. The molecule has 1 saturated carbocycles. The number of anilines is 1. The average molecular weight is 373 g/mol. The van der Waals surface area contributed by atoms with Crippen LogP contribution in [-0.2, 0) is 10.0 Å². The number of rotatable bonds is 3. The maximum atomic E-state index is 13.0. The van der Waals surface area contributed by atoms with Gasteiger partial charge in [-0.15, -0.1) is 0 Å². The number of nitrogens with two attached hydrogens (primary N) is 1. The molecule has 6 heteroatoms. The van der Waals surface area contributed by atoms with Crippen LogP contribution in [-0.4, -0.2) is 25.3 Å². The first-order valence-corrected chi connectivity index (χ1v) is 9.80. The highest BCUT2D eigenvalue weighted by Gasteiger charge is 2.40. The monoisotopic (exact) mass is 372 g/mol. The second-order valence-electron chi connectivity index (χ2n) is 6.05. The van der Waals surface area contributed by atoms with E-state index in [1.165, 1.54) is 12.8 Å². The Bertz CT molecular complexity index is 627. The molecule has 21 heavy (non-hydrogen) atoms. The number of nitrogen functional groups attached to an aromatic ring is 1. The Morgan fingerprint density at radius 2 is 1.86 bits per heavy atom. The lowest BCUT2D eigenvalue weighted by Gasteiger charge is -2.29. The van der Waals surface area contributed by atoms with Crippen molar-refractivity contribution in [3.05, 3.63) is 22.7 Å². The molecule has 2 aliphatic rings. The zero-order chi connectivity index (χ0) is 15.0. The van der Waals surface area contributed by atoms with Crippen LogP contribution in [0.25, 0.3) is 0 Å². The zero-order valence-corrected chi connectivity index (χ0v) is 14.4. The maximum absolute atomic E-state index is 13.0. The van der Waals surface area contributed by atoms with Crippen molar-refractivity contribution in [1.29, 1.82) is 0 Å². The van der Waals surface area contributed by atoms with Crippen molar-refractivity contribution in [3.8, 4) is 0 Å². The predicted molar refractivity (Wildman–Crippen MR) is 87.4 cm³/mol. The van der Waals surface area contributed by atoms with Gasteiger partial charge >= 0.3 is 0 Å². The van der Waals surface area contributed by atoms with Crippen LogP contribution in [0.15, 0.2) is 27.6 Å². The van der Waals surface area contributed by atoms with E-state index >= 15 is 0 Å². The van der Waals surface area contributed by atoms with Crippen LogP contribution in [0.1, 0.15) is 38.5 Å². The summed E-state index contributed by atoms with van der Waals surface area (Å²) in [5.41, 5.74) is 6.26. The third kappa shape index (κ3) is 2.85. The summed E-state index contributed by atoms with van der Waals surface area (Å²) in [6.07, 6.45) is 6.72. The summed E-state index contributed by atoms with van der Waals surface area (Å²) in [6.45, 7) is 0.624. The number of benzene rings is 1. The Hall–Kier alpha value is -0.590. The van der Waals surface area contributed by atoms with Crippen LogP contribution in [0, 0.1) is 5.92 Å². The van der Waals surface area contributed by atoms with Gasteiger partial charge in [0.1, 0.15) is 4.90 Å². The summed E-state index contributed by atoms with van der Waals surface area (Å²) in [5.74, 6) is 0.527. The van der Waals surface area contributed by atoms with E-state index < -0.39 is 10.0 Å². The highest BCUT2D eigenvalue weighted by Crippen LogP contribution is 2.39. The van der Waals surface area contributed by atoms with E-state index in [9.17, 15) is 8.42 Å². The molecular weight excluding hydrogens is 352 g/mol. The minimum atomic E-state index is -3.49. The molecule has 1 aliphatic carbocycles. The Kier molecular flexibility index (Phi) is 4.30. The molecule has 0 bridgehead atoms. The van der Waals surface area contributed by atoms with E-state index in [4.69, 9.17) is 5.73 Å². The van der Waals surface area contributed by atoms with Gasteiger partial charge in [-0.3, -0.25) is 0 Å². The van der Waals surface area contributed by atoms with Crippen LogP contribution in [0.2, 0.25) is 0 Å². The Morgan fingerprint density at radius 1 is 1.14 bits per heavy atom. The van der Waals surface area contributed by atoms with Gasteiger partial charge in [0.15, 0.2) is 0 Å². The van der Waals surface area contributed by atoms with Crippen molar-refractivity contribution >= 4 is 31.6 Å². The third-order valence-corrected chi connectivity index (χ3v) is 7.24. The van der Waals surface area contributed by atoms with Gasteiger partial charge < -0.3 is 5.73 Å². The lowest BCUT2D eigenvalue weighted by Crippen LogP contribution is -2.39. The molecule has 1 aliphatic heterocycles. The Labute approximate surface area is 134 Å². The molecule has 116 valence electrons. The number of hydrogen-bond donors (Lipinski definition) is 1. The fourth-order valence-electron chi connectivity index (χ4n) is 3.76. The molecule has 1 aromatic carbocycles. The van der Waals surface area contributed by atoms with Gasteiger partial charge in [-0.1, -0.05) is 28.8 Å². The molecule has 2 fully saturated rings. The van der Waals surface area contributed by atoms with Crippen molar-refractivity contribution in [3.63, 3.8) is 0 Å². The number of sulfonamides is 1. The van der Waals surface area contributed by atoms with E-state index in [1.54, 1.807) is 22.5 Å². The van der Waals surface area contributed by atoms with Crippen LogP contribution in [0.3, 0.4) is 0 Å². The van der Waals surface area contributed by atoms with Gasteiger partial charge in [0.05, 0.1) is 5.69 Å². The maximum Gasteiger partial charge on any atom is 0.245 e. The highest BCUT2D eigenvalue weighted by molar-refractivity contribution is 9.10. The smallest absolute Gasteiger partial charge is 0.245 e. The molecule has 0 spiro atoms. The molecule has 2 N–H and O–H groups in total. The quantitative estimate of drug-likeness (QED) is 0.827. The van der Waals surface area contributed by atoms with Crippen LogP contribution < -0.4 is 5.73 Å². The second-order valence-corrected chi connectivity index (χ2v) is 8.83. The molecular formula is C15H21BrN2O2S. The predicted octanol–water partition coefficient (Wildman–Crippen LogP) is 3.37. The molecule has 4 nitrogen and oxygen atoms in total. The first kappa shape index (κ1) is 15.3. The van der Waals surface area contributed by atoms with E-state index in [0.717, 1.165) is 30.2 Å². The molecule has 1 saturated heterocycles. The summed E-state index contributed by atoms with van der Waals surface area (Å²) in [7, 11) is -3.49. The van der Waals surface area contributed by atoms with E-state index in [2.05, 4.69) is 15.9 Å². The molecule has 1 unspecified atom stereocenters. The summed E-state index contributed by atoms with van der Waals surface area (Å²) < 4.78 is 28.4. The van der Waals surface area contributed by atoms with Gasteiger partial charge in [0.2, 0.25) is 10.0 Å². The van der Waals surface area contributed by atoms with Crippen molar-refractivity contribution in [2.45, 2.75) is 49.5 Å². The third-order valence-electron chi connectivity index (χ3n) is 4.75. The van der Waals surface area contributed by atoms with Crippen molar-refractivity contribution in [2.75, 3.05) is 12.3 Å². The zero-order valence-electron chi connectivity index (χ0n) is 12.0. The number of hydrogen-bond acceptors (Lipinski definition) is 3. The first-order valence-electron chi connectivity index (χ1n) is 7.57. The minimum Gasteiger partial charge on any atom is -0.398 e. The van der Waals surface area contributed by atoms with Crippen LogP contribution in [0.4, 0.5) is 5.69 Å². The van der Waals surface area contributed by atoms with Gasteiger partial charge in [-0.05, 0) is 49.8 Å². The molecule has 3 rings (SSSR count). The molecule has 1 heterocycles. The fourth-order valence-corrected chi connectivity index (χ4v) is 5.99. The summed E-state index contributed by atoms with van der Waals surface area (Å²) in [6, 6.07) is 5.18. The standard InChI is InChI=1S/C15H21BrN2O2S/c16-12-7-8-15(13(17)10-12)21(19,20)18-9-3-6-14(18)11-4-1-2-5-11/h7-8,10-11,14H,1-6,9,17H2. The van der Waals surface area contributed by atoms with E-state index in [0.29, 0.717) is 18.2 Å². The normalized spacial score (nSPS) is 24.7. The van der Waals surface area contributed by atoms with Crippen molar-refractivity contribution in [2.24, 2.45) is 5.92 Å². The van der Waals surface area contributed by atoms with Crippen molar-refractivity contribution < 1.29 is 8.42 Å². The molecule has 0 radical (unpaired) electrons. The summed E-state index contributed by atoms with van der Waals surface area (Å²) >= 11 is 3.32. The van der Waals surface area contributed by atoms with E-state index in [1.807, 2.05) is 0 Å². The topological polar surface area (TPSA) is 63.4 Å². The minimum absolute atomic E-state index is 0.167. The van der Waals surface area contributed by atoms with Crippen molar-refractivity contribution in [1.82, 2.24) is 4.31 Å². The average Bonchev–Trinajstić information content (AvgIpc) is 3.09. The van der Waals surface area contributed by atoms with E-state index in [-0.39, 0.29) is 10.9 Å². The summed E-state index contributed by atoms with van der Waals surface area (Å²) in [5, 5.41) is 0. The number of nitrogens with zero attached hydrogens (tertiary/aromatic N) is 1. The molecule has 1 aromatic rings. The molecule has 1 atom stereocenters. The van der Waals surface area contributed by atoms with Gasteiger partial charge in [0.25, 0.3) is 0 Å². The van der Waals surface area contributed by atoms with Gasteiger partial charge in [0, 0.05) is 17.1 Å². The van der Waals surface area contributed by atoms with Crippen LogP contribution in [0.5, 0.6) is 0 Å². The summed E-state index contributed by atoms with van der Waals surface area (Å²) in [4.78, 5) is 0.246. The van der Waals surface area contributed by atoms with Gasteiger partial charge in [-0.2, -0.15) is 4.31 Å². The van der Waals surface area contributed by atoms with Crippen LogP contribution >= 0.6 is 15.9 Å². The Morgan fingerprint density at radius 3 is 2.52 bits per heavy atom. The molecule has 0 amide bonds. The second kappa shape index (κ2) is 5.89. The fraction of sp³-hybridized carbons (Fsp3) is 0.600. The number of halogens is 1. The van der Waals surface area contributed by atoms with Gasteiger partial charge in [-0.25, -0.2) is 8.42 Å². The first-order chi connectivity index (χ1) is 10.00. The molecule has 0 aromatic heterocycles. The lowest BCUT2D eigenvalue weighted by atomic mass is 9.97. The Balaban J connectivity index is 1.93. The SMILES string of the molecule is Nc1cc(Br)ccc1S(=O)(=O)N1CCCC1C1CCCC1. The lowest BCUT2D eigenvalue weighted by molar-refractivity contribution is 0.288. The highest BCUT2D eigenvalue weighted by atomic mass is 79.9.